The summed E-state index contributed by atoms with van der Waals surface area (Å²) in [6.45, 7) is 9.40. The fourth-order valence-corrected chi connectivity index (χ4v) is 10.5. The van der Waals surface area contributed by atoms with Gasteiger partial charge in [-0.25, -0.2) is 0 Å². The van der Waals surface area contributed by atoms with Crippen molar-refractivity contribution in [2.24, 2.45) is 41.4 Å². The average Bonchev–Trinajstić information content (AvgIpc) is 3.02. The van der Waals surface area contributed by atoms with Crippen molar-refractivity contribution in [3.05, 3.63) is 82.4 Å². The van der Waals surface area contributed by atoms with Gasteiger partial charge in [0.25, 0.3) is 0 Å². The zero-order chi connectivity index (χ0) is 29.1. The second-order valence-electron chi connectivity index (χ2n) is 15.6. The summed E-state index contributed by atoms with van der Waals surface area (Å²) in [6.07, 6.45) is 24.3. The largest absolute Gasteiger partial charge is 0.0853 e. The van der Waals surface area contributed by atoms with Crippen LogP contribution in [0, 0.1) is 55.3 Å². The minimum atomic E-state index is 0.799. The molecule has 0 radical (unpaired) electrons. The Morgan fingerprint density at radius 1 is 0.571 bits per heavy atom. The summed E-state index contributed by atoms with van der Waals surface area (Å²) in [6, 6.07) is 19.0. The molecule has 0 aromatic heterocycles. The smallest absolute Gasteiger partial charge is 0.0162 e. The van der Waals surface area contributed by atoms with Crippen LogP contribution in [0.15, 0.2) is 60.2 Å². The van der Waals surface area contributed by atoms with Crippen LogP contribution in [0.3, 0.4) is 0 Å². The lowest BCUT2D eigenvalue weighted by molar-refractivity contribution is 0.0461. The second-order valence-corrected chi connectivity index (χ2v) is 15.6. The molecular formula is C42H60. The van der Waals surface area contributed by atoms with Crippen LogP contribution < -0.4 is 0 Å². The maximum absolute atomic E-state index is 2.69. The Labute approximate surface area is 259 Å². The molecule has 4 aliphatic rings. The topological polar surface area (TPSA) is 0 Å². The first-order chi connectivity index (χ1) is 20.5. The summed E-state index contributed by atoms with van der Waals surface area (Å²) in [5.41, 5.74) is 7.89. The van der Waals surface area contributed by atoms with Crippen LogP contribution in [0.5, 0.6) is 0 Å². The Bertz CT molecular complexity index is 1140. The van der Waals surface area contributed by atoms with Crippen LogP contribution in [0.1, 0.15) is 144 Å². The number of benzene rings is 2. The number of hydrogen-bond acceptors (Lipinski definition) is 0. The van der Waals surface area contributed by atoms with Crippen molar-refractivity contribution in [2.45, 2.75) is 136 Å². The van der Waals surface area contributed by atoms with Crippen molar-refractivity contribution in [1.29, 1.82) is 0 Å². The van der Waals surface area contributed by atoms with Crippen molar-refractivity contribution in [3.63, 3.8) is 0 Å². The van der Waals surface area contributed by atoms with Crippen molar-refractivity contribution in [3.8, 4) is 0 Å². The van der Waals surface area contributed by atoms with E-state index in [-0.39, 0.29) is 0 Å². The van der Waals surface area contributed by atoms with E-state index in [0.717, 1.165) is 53.3 Å². The standard InChI is InChI=1S/C42H60/c1-5-6-37-24-25-39(36-18-16-34(17-19-36)32-12-7-29(2)8-13-32)28-41(37)42-27-31(4)11-26-40(42)38-22-20-35(21-23-38)33-14-9-30(3)10-15-33/h6-10,12-15,31,34-36,38-42H,5,11,16-28H2,1-4H3. The molecule has 6 rings (SSSR count). The highest BCUT2D eigenvalue weighted by Gasteiger charge is 2.43. The summed E-state index contributed by atoms with van der Waals surface area (Å²) in [7, 11) is 0. The third-order valence-corrected chi connectivity index (χ3v) is 13.0. The van der Waals surface area contributed by atoms with E-state index in [9.17, 15) is 0 Å². The molecule has 228 valence electrons. The maximum Gasteiger partial charge on any atom is -0.0162 e. The van der Waals surface area contributed by atoms with E-state index < -0.39 is 0 Å². The van der Waals surface area contributed by atoms with E-state index in [4.69, 9.17) is 0 Å². The molecule has 0 N–H and O–H groups in total. The van der Waals surface area contributed by atoms with Gasteiger partial charge < -0.3 is 0 Å². The SMILES string of the molecule is CCC=C1CCC(C2CCC(c3ccc(C)cc3)CC2)CC1C1CC(C)CCC1C1CCC(c2ccc(C)cc2)CC1. The highest BCUT2D eigenvalue weighted by atomic mass is 14.5. The molecular weight excluding hydrogens is 504 g/mol. The van der Waals surface area contributed by atoms with E-state index in [1.165, 1.54) is 107 Å². The first-order valence-electron chi connectivity index (χ1n) is 18.3. The third-order valence-electron chi connectivity index (χ3n) is 13.0. The predicted octanol–water partition coefficient (Wildman–Crippen LogP) is 12.4. The number of allylic oxidation sites excluding steroid dienone is 2. The lowest BCUT2D eigenvalue weighted by Gasteiger charge is -2.49. The molecule has 5 unspecified atom stereocenters. The molecule has 0 amide bonds. The van der Waals surface area contributed by atoms with Crippen molar-refractivity contribution in [2.75, 3.05) is 0 Å². The van der Waals surface area contributed by atoms with E-state index in [2.05, 4.69) is 82.3 Å². The Morgan fingerprint density at radius 2 is 1.12 bits per heavy atom. The molecule has 4 aliphatic carbocycles. The molecule has 0 bridgehead atoms. The van der Waals surface area contributed by atoms with Crippen LogP contribution in [-0.2, 0) is 0 Å². The Morgan fingerprint density at radius 3 is 1.67 bits per heavy atom. The zero-order valence-electron chi connectivity index (χ0n) is 27.5. The third kappa shape index (κ3) is 6.94. The molecule has 0 aliphatic heterocycles. The first kappa shape index (κ1) is 30.2. The minimum Gasteiger partial charge on any atom is -0.0853 e. The molecule has 0 heteroatoms. The summed E-state index contributed by atoms with van der Waals surface area (Å²) >= 11 is 0. The monoisotopic (exact) mass is 564 g/mol. The van der Waals surface area contributed by atoms with E-state index in [1.807, 2.05) is 5.57 Å². The van der Waals surface area contributed by atoms with E-state index in [1.54, 1.807) is 11.1 Å². The highest BCUT2D eigenvalue weighted by molar-refractivity contribution is 5.26. The van der Waals surface area contributed by atoms with Crippen molar-refractivity contribution in [1.82, 2.24) is 0 Å². The lowest BCUT2D eigenvalue weighted by atomic mass is 9.56. The molecule has 0 spiro atoms. The van der Waals surface area contributed by atoms with Gasteiger partial charge in [0.1, 0.15) is 0 Å². The molecule has 4 fully saturated rings. The van der Waals surface area contributed by atoms with Crippen LogP contribution in [0.2, 0.25) is 0 Å². The quantitative estimate of drug-likeness (QED) is 0.306. The summed E-state index contributed by atoms with van der Waals surface area (Å²) in [5, 5.41) is 0. The normalized spacial score (nSPS) is 37.0. The minimum absolute atomic E-state index is 0.799. The van der Waals surface area contributed by atoms with Crippen LogP contribution >= 0.6 is 0 Å². The second kappa shape index (κ2) is 13.9. The Hall–Kier alpha value is -1.82. The van der Waals surface area contributed by atoms with Crippen LogP contribution in [0.4, 0.5) is 0 Å². The van der Waals surface area contributed by atoms with Gasteiger partial charge in [0.05, 0.1) is 0 Å². The van der Waals surface area contributed by atoms with Gasteiger partial charge in [0.2, 0.25) is 0 Å². The molecule has 0 nitrogen and oxygen atoms in total. The van der Waals surface area contributed by atoms with E-state index in [0.29, 0.717) is 0 Å². The van der Waals surface area contributed by atoms with Crippen molar-refractivity contribution < 1.29 is 0 Å². The fourth-order valence-electron chi connectivity index (χ4n) is 10.5. The predicted molar refractivity (Wildman–Crippen MR) is 181 cm³/mol. The van der Waals surface area contributed by atoms with Crippen molar-refractivity contribution >= 4 is 0 Å². The first-order valence-corrected chi connectivity index (χ1v) is 18.3. The van der Waals surface area contributed by atoms with Gasteiger partial charge in [-0.2, -0.15) is 0 Å². The molecule has 0 heterocycles. The molecule has 2 aromatic rings. The number of aryl methyl sites for hydroxylation is 2. The Kier molecular flexibility index (Phi) is 9.98. The van der Waals surface area contributed by atoms with Gasteiger partial charge >= 0.3 is 0 Å². The molecule has 4 saturated carbocycles. The maximum atomic E-state index is 2.69. The molecule has 0 saturated heterocycles. The molecule has 2 aromatic carbocycles. The van der Waals surface area contributed by atoms with E-state index >= 15 is 0 Å². The molecule has 42 heavy (non-hydrogen) atoms. The van der Waals surface area contributed by atoms with Gasteiger partial charge in [0.15, 0.2) is 0 Å². The van der Waals surface area contributed by atoms with Gasteiger partial charge in [-0.05, 0) is 168 Å². The Balaban J connectivity index is 1.12. The van der Waals surface area contributed by atoms with Gasteiger partial charge in [-0.3, -0.25) is 0 Å². The highest BCUT2D eigenvalue weighted by Crippen LogP contribution is 2.54. The van der Waals surface area contributed by atoms with Gasteiger partial charge in [0, 0.05) is 0 Å². The van der Waals surface area contributed by atoms with Crippen LogP contribution in [-0.4, -0.2) is 0 Å². The molecule has 5 atom stereocenters. The summed E-state index contributed by atoms with van der Waals surface area (Å²) in [4.78, 5) is 0. The summed E-state index contributed by atoms with van der Waals surface area (Å²) in [5.74, 6) is 8.23. The van der Waals surface area contributed by atoms with Gasteiger partial charge in [-0.15, -0.1) is 0 Å². The lowest BCUT2D eigenvalue weighted by Crippen LogP contribution is -2.39. The summed E-state index contributed by atoms with van der Waals surface area (Å²) < 4.78 is 0. The average molecular weight is 565 g/mol. The number of hydrogen-bond donors (Lipinski definition) is 0. The zero-order valence-corrected chi connectivity index (χ0v) is 27.5. The number of rotatable bonds is 6. The van der Waals surface area contributed by atoms with Crippen LogP contribution in [0.25, 0.3) is 0 Å². The van der Waals surface area contributed by atoms with Gasteiger partial charge in [-0.1, -0.05) is 91.6 Å². The fraction of sp³-hybridized carbons (Fsp3) is 0.667.